The second-order valence-corrected chi connectivity index (χ2v) is 21.8. The highest BCUT2D eigenvalue weighted by atomic mass is 32.2. The molecule has 0 aliphatic carbocycles. The molecular weight excluding hydrogens is 878 g/mol. The number of hydrogen-bond donors (Lipinski definition) is 1. The Hall–Kier alpha value is -3.65. The van der Waals surface area contributed by atoms with E-state index in [0.29, 0.717) is 36.9 Å². The number of halogens is 2. The number of carbonyl (C=O) groups is 5. The molecule has 0 radical (unpaired) electrons. The van der Waals surface area contributed by atoms with Gasteiger partial charge in [0.2, 0.25) is 17.9 Å². The van der Waals surface area contributed by atoms with Crippen molar-refractivity contribution in [1.82, 2.24) is 15.1 Å². The number of rotatable bonds is 16. The Labute approximate surface area is 373 Å². The lowest BCUT2D eigenvalue weighted by Crippen LogP contribution is -2.56. The number of amides is 3. The van der Waals surface area contributed by atoms with Gasteiger partial charge in [-0.15, -0.1) is 11.3 Å². The van der Waals surface area contributed by atoms with Gasteiger partial charge in [0, 0.05) is 46.2 Å². The lowest BCUT2D eigenvalue weighted by atomic mass is 9.95. The van der Waals surface area contributed by atoms with Crippen LogP contribution in [-0.4, -0.2) is 99.7 Å². The molecule has 12 nitrogen and oxygen atoms in total. The van der Waals surface area contributed by atoms with Crippen molar-refractivity contribution in [2.24, 2.45) is 11.8 Å². The van der Waals surface area contributed by atoms with Gasteiger partial charge in [0.15, 0.2) is 10.2 Å². The summed E-state index contributed by atoms with van der Waals surface area (Å²) in [5.41, 5.74) is -3.82. The third-order valence-corrected chi connectivity index (χ3v) is 16.8. The zero-order chi connectivity index (χ0) is 44.8. The van der Waals surface area contributed by atoms with Gasteiger partial charge >= 0.3 is 13.3 Å². The van der Waals surface area contributed by atoms with Gasteiger partial charge in [-0.2, -0.15) is 8.78 Å². The van der Waals surface area contributed by atoms with E-state index in [0.717, 1.165) is 65.4 Å². The number of carbonyl (C=O) groups excluding carboxylic acids is 5. The van der Waals surface area contributed by atoms with Crippen molar-refractivity contribution in [1.29, 1.82) is 0 Å². The lowest BCUT2D eigenvalue weighted by molar-refractivity contribution is -0.146. The smallest absolute Gasteiger partial charge is 0.340 e. The van der Waals surface area contributed by atoms with Gasteiger partial charge in [0.1, 0.15) is 12.1 Å². The Morgan fingerprint density at radius 2 is 1.56 bits per heavy atom. The van der Waals surface area contributed by atoms with E-state index in [9.17, 15) is 28.5 Å². The molecule has 3 saturated heterocycles. The Morgan fingerprint density at radius 3 is 2.19 bits per heavy atom. The lowest BCUT2D eigenvalue weighted by Gasteiger charge is -2.36. The minimum atomic E-state index is -5.23. The van der Waals surface area contributed by atoms with Crippen LogP contribution in [0.4, 0.5) is 8.78 Å². The molecule has 5 atom stereocenters. The van der Waals surface area contributed by atoms with Crippen LogP contribution in [0, 0.1) is 18.4 Å². The van der Waals surface area contributed by atoms with Crippen LogP contribution >= 0.6 is 42.5 Å². The molecule has 3 aliphatic rings. The van der Waals surface area contributed by atoms with Crippen LogP contribution in [0.5, 0.6) is 0 Å². The first-order valence-electron chi connectivity index (χ1n) is 21.0. The minimum Gasteiger partial charge on any atom is -0.340 e. The summed E-state index contributed by atoms with van der Waals surface area (Å²) in [4.78, 5) is 73.9. The number of thiophene rings is 1. The average Bonchev–Trinajstić information content (AvgIpc) is 4.01. The van der Waals surface area contributed by atoms with Crippen LogP contribution in [0.2, 0.25) is 0 Å². The number of fused-ring (bicyclic) bond motifs is 2. The van der Waals surface area contributed by atoms with Gasteiger partial charge in [0.05, 0.1) is 30.6 Å². The SMILES string of the molecule is [C-]#[N+][C@H]1CN(C(=O)[C@@H]2CCC3CCCC[C@H](NC(=O)c4cc5cc(C(F)(F)P(=O)(OCCSC(=O)C(C)C)OCCSC(=O)C(C)C)ccc5s4)C(=O)N32)C[C@@H]1c1ccccc1. The summed E-state index contributed by atoms with van der Waals surface area (Å²) in [5, 5.41) is 2.81. The molecule has 0 saturated carbocycles. The predicted molar refractivity (Wildman–Crippen MR) is 239 cm³/mol. The third kappa shape index (κ3) is 10.8. The van der Waals surface area contributed by atoms with Gasteiger partial charge in [-0.25, -0.2) is 6.57 Å². The van der Waals surface area contributed by atoms with Crippen molar-refractivity contribution in [3.63, 3.8) is 0 Å². The number of nitrogens with one attached hydrogen (secondary N) is 1. The summed E-state index contributed by atoms with van der Waals surface area (Å²) in [6.07, 6.45) is 3.75. The number of likely N-dealkylation sites (tertiary alicyclic amines) is 1. The second-order valence-electron chi connectivity index (χ2n) is 16.5. The van der Waals surface area contributed by atoms with E-state index in [2.05, 4.69) is 10.2 Å². The number of hydrogen-bond acceptors (Lipinski definition) is 11. The molecule has 1 unspecified atom stereocenters. The zero-order valence-electron chi connectivity index (χ0n) is 35.3. The molecule has 3 amide bonds. The normalized spacial score (nSPS) is 22.1. The van der Waals surface area contributed by atoms with Crippen molar-refractivity contribution in [2.45, 2.75) is 102 Å². The number of thioether (sulfide) groups is 2. The highest BCUT2D eigenvalue weighted by Gasteiger charge is 2.55. The molecule has 0 spiro atoms. The van der Waals surface area contributed by atoms with E-state index in [1.807, 2.05) is 30.3 Å². The first kappa shape index (κ1) is 47.8. The van der Waals surface area contributed by atoms with Gasteiger partial charge in [-0.3, -0.25) is 28.5 Å². The molecule has 62 heavy (non-hydrogen) atoms. The van der Waals surface area contributed by atoms with E-state index in [4.69, 9.17) is 15.6 Å². The van der Waals surface area contributed by atoms with Crippen LogP contribution in [-0.2, 0) is 38.5 Å². The summed E-state index contributed by atoms with van der Waals surface area (Å²) < 4.78 is 57.8. The molecule has 4 heterocycles. The Kier molecular flexibility index (Phi) is 16.1. The van der Waals surface area contributed by atoms with Crippen LogP contribution in [0.1, 0.15) is 92.9 Å². The van der Waals surface area contributed by atoms with Crippen molar-refractivity contribution >= 4 is 80.5 Å². The van der Waals surface area contributed by atoms with Gasteiger partial charge in [-0.05, 0) is 54.8 Å². The van der Waals surface area contributed by atoms with E-state index in [-0.39, 0.29) is 74.2 Å². The number of nitrogens with zero attached hydrogens (tertiary/aromatic N) is 3. The summed E-state index contributed by atoms with van der Waals surface area (Å²) in [6.45, 7) is 14.4. The molecule has 0 bridgehead atoms. The van der Waals surface area contributed by atoms with Crippen molar-refractivity contribution in [3.05, 3.63) is 82.0 Å². The quantitative estimate of drug-likeness (QED) is 0.0840. The molecule has 3 aliphatic heterocycles. The fraction of sp³-hybridized carbons (Fsp3) is 0.545. The topological polar surface area (TPSA) is 144 Å². The second kappa shape index (κ2) is 20.9. The van der Waals surface area contributed by atoms with Crippen molar-refractivity contribution < 1.29 is 46.4 Å². The highest BCUT2D eigenvalue weighted by molar-refractivity contribution is 8.13. The molecular formula is C44H53F2N4O8PS3. The van der Waals surface area contributed by atoms with Crippen molar-refractivity contribution in [2.75, 3.05) is 37.8 Å². The maximum atomic E-state index is 16.4. The number of benzene rings is 2. The van der Waals surface area contributed by atoms with Crippen LogP contribution < -0.4 is 5.32 Å². The molecule has 1 aromatic heterocycles. The summed E-state index contributed by atoms with van der Waals surface area (Å²) in [5.74, 6) is -1.87. The van der Waals surface area contributed by atoms with Crippen LogP contribution in [0.15, 0.2) is 54.6 Å². The monoisotopic (exact) mass is 930 g/mol. The Morgan fingerprint density at radius 1 is 0.919 bits per heavy atom. The Balaban J connectivity index is 1.16. The summed E-state index contributed by atoms with van der Waals surface area (Å²) >= 11 is 2.81. The molecule has 3 aromatic rings. The van der Waals surface area contributed by atoms with E-state index >= 15 is 8.78 Å². The maximum Gasteiger partial charge on any atom is 0.404 e. The fourth-order valence-electron chi connectivity index (χ4n) is 8.11. The van der Waals surface area contributed by atoms with Gasteiger partial charge in [-0.1, -0.05) is 100 Å². The van der Waals surface area contributed by atoms with Gasteiger partial charge in [0.25, 0.3) is 5.91 Å². The Bertz CT molecular complexity index is 2190. The fourth-order valence-corrected chi connectivity index (χ4v) is 12.2. The van der Waals surface area contributed by atoms with E-state index in [1.54, 1.807) is 37.5 Å². The zero-order valence-corrected chi connectivity index (χ0v) is 38.6. The standard InChI is InChI=1S/C44H53F2N4O8PS3/c1-27(2)42(54)60-21-19-57-59(56,58-20-22-61-43(55)28(3)4)44(45,46)31-15-18-37-30(23-31)24-38(62-37)39(51)48-34-14-10-9-13-32-16-17-36(50(32)40(34)52)41(53)49-25-33(35(26-49)47-5)29-11-7-6-8-12-29/h6-8,11-12,15,18,23-24,27-28,32-36H,9-10,13-14,16-17,19-22,25-26H2,1-4H3,(H,48,51)/t32?,33-,34+,35+,36+/m1/s1. The molecule has 334 valence electrons. The first-order chi connectivity index (χ1) is 29.5. The van der Waals surface area contributed by atoms with Gasteiger partial charge < -0.3 is 29.0 Å². The van der Waals surface area contributed by atoms with Crippen molar-refractivity contribution in [3.8, 4) is 0 Å². The maximum absolute atomic E-state index is 16.4. The summed E-state index contributed by atoms with van der Waals surface area (Å²) in [7, 11) is -5.23. The largest absolute Gasteiger partial charge is 0.404 e. The molecule has 18 heteroatoms. The summed E-state index contributed by atoms with van der Waals surface area (Å²) in [6, 6.07) is 12.6. The average molecular weight is 931 g/mol. The number of alkyl halides is 2. The highest BCUT2D eigenvalue weighted by Crippen LogP contribution is 2.67. The van der Waals surface area contributed by atoms with Crippen LogP contribution in [0.3, 0.4) is 0 Å². The van der Waals surface area contributed by atoms with E-state index in [1.165, 1.54) is 12.1 Å². The molecule has 6 rings (SSSR count). The molecule has 1 N–H and O–H groups in total. The predicted octanol–water partition coefficient (Wildman–Crippen LogP) is 8.95. The molecule has 3 fully saturated rings. The van der Waals surface area contributed by atoms with Crippen LogP contribution in [0.25, 0.3) is 14.9 Å². The molecule has 2 aromatic carbocycles. The minimum absolute atomic E-state index is 0.0285. The first-order valence-corrected chi connectivity index (χ1v) is 25.3. The van der Waals surface area contributed by atoms with E-state index < -0.39 is 56.1 Å². The third-order valence-electron chi connectivity index (χ3n) is 11.5.